The summed E-state index contributed by atoms with van der Waals surface area (Å²) < 4.78 is 98.9. The summed E-state index contributed by atoms with van der Waals surface area (Å²) in [6.45, 7) is -11.1. The molecule has 6 rings (SSSR count). The largest absolute Gasteiger partial charge is 0.379 e. The predicted octanol–water partition coefficient (Wildman–Crippen LogP) is 4.77. The van der Waals surface area contributed by atoms with Crippen molar-refractivity contribution in [3.8, 4) is 6.07 Å². The molecule has 0 amide bonds. The van der Waals surface area contributed by atoms with E-state index in [0.717, 1.165) is 4.90 Å². The number of piperidine rings is 1. The Hall–Kier alpha value is -3.14. The van der Waals surface area contributed by atoms with E-state index in [1.165, 1.54) is 17.0 Å². The number of ether oxygens (including phenoxy) is 1. The van der Waals surface area contributed by atoms with E-state index >= 15 is 0 Å². The normalized spacial score (nSPS) is 30.2. The first-order valence-electron chi connectivity index (χ1n) is 18.0. The summed E-state index contributed by atoms with van der Waals surface area (Å²) in [4.78, 5) is 19.8. The zero-order chi connectivity index (χ0) is 34.3. The Kier molecular flexibility index (Phi) is 3.40. The van der Waals surface area contributed by atoms with Gasteiger partial charge in [0, 0.05) is 75.0 Å². The van der Waals surface area contributed by atoms with Crippen molar-refractivity contribution in [2.24, 2.45) is 0 Å². The van der Waals surface area contributed by atoms with Crippen LogP contribution in [0, 0.1) is 11.3 Å². The van der Waals surface area contributed by atoms with Gasteiger partial charge in [-0.1, -0.05) is 26.8 Å². The molecule has 0 saturated carbocycles. The van der Waals surface area contributed by atoms with E-state index in [0.29, 0.717) is 27.7 Å². The monoisotopic (exact) mass is 493 g/mol. The Balaban J connectivity index is 1.49. The molecule has 3 aliphatic rings. The summed E-state index contributed by atoms with van der Waals surface area (Å²) in [6.07, 6.45) is -0.540. The van der Waals surface area contributed by atoms with Crippen molar-refractivity contribution < 1.29 is 24.6 Å². The first kappa shape index (κ1) is 14.0. The molecule has 6 heteroatoms. The van der Waals surface area contributed by atoms with Crippen LogP contribution in [0.15, 0.2) is 30.3 Å². The molecule has 3 aromatic rings. The Morgan fingerprint density at radius 1 is 1.22 bits per heavy atom. The number of carbonyl (C=O) groups excluding carboxylic acids is 1. The number of H-pyrrole nitrogens is 1. The van der Waals surface area contributed by atoms with Crippen LogP contribution < -0.4 is 4.90 Å². The average molecular weight is 494 g/mol. The number of benzene rings is 2. The fraction of sp³-hybridized carbons (Fsp3) is 0.467. The molecular formula is C30H34N4O2. The SMILES string of the molecule is [2H]CCc1cc2c(cc1N1C([2H])([2H])CC(N3CC([2H])([2H])OC([2H])([2H])C3)CC1([2H])[2H])C(C[2H])(C[2H])c1[nH]c3cc(C#N)ccc3c1C2=O. The van der Waals surface area contributed by atoms with E-state index in [-0.39, 0.29) is 81.2 Å². The second kappa shape index (κ2) is 8.76. The second-order valence-electron chi connectivity index (χ2n) is 9.44. The summed E-state index contributed by atoms with van der Waals surface area (Å²) in [7, 11) is 0. The first-order valence-corrected chi connectivity index (χ1v) is 11.8. The van der Waals surface area contributed by atoms with E-state index in [1.807, 2.05) is 0 Å². The lowest BCUT2D eigenvalue weighted by atomic mass is 9.70. The minimum Gasteiger partial charge on any atom is -0.379 e. The molecule has 0 spiro atoms. The Labute approximate surface area is 228 Å². The summed E-state index contributed by atoms with van der Waals surface area (Å²) in [5.74, 6) is -0.387. The van der Waals surface area contributed by atoms with Gasteiger partial charge < -0.3 is 14.6 Å². The third kappa shape index (κ3) is 3.56. The highest BCUT2D eigenvalue weighted by Crippen LogP contribution is 2.46. The maximum Gasteiger partial charge on any atom is 0.195 e. The van der Waals surface area contributed by atoms with Crippen molar-refractivity contribution in [2.75, 3.05) is 44.1 Å². The summed E-state index contributed by atoms with van der Waals surface area (Å²) in [5, 5.41) is 9.97. The van der Waals surface area contributed by atoms with Crippen molar-refractivity contribution in [2.45, 2.75) is 51.4 Å². The molecule has 0 radical (unpaired) electrons. The van der Waals surface area contributed by atoms with Crippen LogP contribution in [0.4, 0.5) is 5.69 Å². The van der Waals surface area contributed by atoms with Crippen LogP contribution in [0.25, 0.3) is 10.9 Å². The van der Waals surface area contributed by atoms with Crippen molar-refractivity contribution in [1.29, 1.82) is 5.26 Å². The third-order valence-corrected chi connectivity index (χ3v) is 7.29. The van der Waals surface area contributed by atoms with Crippen LogP contribution in [0.1, 0.15) is 86.9 Å². The maximum absolute atomic E-state index is 14.2. The highest BCUT2D eigenvalue weighted by molar-refractivity contribution is 6.20. The summed E-state index contributed by atoms with van der Waals surface area (Å²) in [5.41, 5.74) is 1.05. The average Bonchev–Trinajstić information content (AvgIpc) is 3.35. The van der Waals surface area contributed by atoms with Gasteiger partial charge in [0.05, 0.1) is 35.8 Å². The van der Waals surface area contributed by atoms with Gasteiger partial charge >= 0.3 is 0 Å². The zero-order valence-corrected chi connectivity index (χ0v) is 19.8. The summed E-state index contributed by atoms with van der Waals surface area (Å²) >= 11 is 0. The lowest BCUT2D eigenvalue weighted by Gasteiger charge is -2.42. The van der Waals surface area contributed by atoms with E-state index in [9.17, 15) is 10.1 Å². The number of morpholine rings is 1. The minimum absolute atomic E-state index is 0.0624. The van der Waals surface area contributed by atoms with Crippen LogP contribution in [0.2, 0.25) is 0 Å². The number of hydrogen-bond acceptors (Lipinski definition) is 5. The molecule has 0 unspecified atom stereocenters. The molecule has 0 atom stereocenters. The molecule has 3 heterocycles. The number of aryl methyl sites for hydroxylation is 1. The van der Waals surface area contributed by atoms with E-state index in [2.05, 4.69) is 11.1 Å². The second-order valence-corrected chi connectivity index (χ2v) is 9.44. The molecule has 36 heavy (non-hydrogen) atoms. The lowest BCUT2D eigenvalue weighted by molar-refractivity contribution is 0.0115. The van der Waals surface area contributed by atoms with Gasteiger partial charge in [-0.25, -0.2) is 0 Å². The number of anilines is 1. The molecule has 0 bridgehead atoms. The molecule has 2 saturated heterocycles. The third-order valence-electron chi connectivity index (χ3n) is 7.29. The Morgan fingerprint density at radius 3 is 2.75 bits per heavy atom. The highest BCUT2D eigenvalue weighted by atomic mass is 16.5. The van der Waals surface area contributed by atoms with Crippen LogP contribution >= 0.6 is 0 Å². The van der Waals surface area contributed by atoms with Gasteiger partial charge in [0.25, 0.3) is 0 Å². The van der Waals surface area contributed by atoms with E-state index < -0.39 is 37.6 Å². The Morgan fingerprint density at radius 2 is 2.03 bits per heavy atom. The fourth-order valence-corrected chi connectivity index (χ4v) is 5.30. The van der Waals surface area contributed by atoms with Gasteiger partial charge in [0.2, 0.25) is 0 Å². The van der Waals surface area contributed by atoms with Gasteiger partial charge in [-0.15, -0.1) is 0 Å². The number of fused-ring (bicyclic) bond motifs is 4. The molecule has 186 valence electrons. The lowest BCUT2D eigenvalue weighted by Crippen LogP contribution is -2.49. The molecule has 6 nitrogen and oxygen atoms in total. The summed E-state index contributed by atoms with van der Waals surface area (Å²) in [6, 6.07) is 9.07. The van der Waals surface area contributed by atoms with Gasteiger partial charge in [-0.3, -0.25) is 9.69 Å². The van der Waals surface area contributed by atoms with Crippen molar-refractivity contribution in [1.82, 2.24) is 9.88 Å². The number of aromatic nitrogens is 1. The van der Waals surface area contributed by atoms with E-state index in [1.54, 1.807) is 18.2 Å². The standard InChI is InChI=1S/C30H34N4O2/c1-4-20-16-23-24(17-26(20)34-9-7-21(8-10-34)33-11-13-36-14-12-33)30(2,3)29-27(28(23)35)22-6-5-19(18-31)15-25(22)32-29/h5-6,15-17,21,32H,4,7-14H2,1-3H3/i1D,2D,3D,9D2,10D2,13D2,14D2. The number of carbonyl (C=O) groups is 1. The van der Waals surface area contributed by atoms with Gasteiger partial charge in [0.1, 0.15) is 0 Å². The molecule has 1 N–H and O–H groups in total. The highest BCUT2D eigenvalue weighted by Gasteiger charge is 2.40. The van der Waals surface area contributed by atoms with Crippen molar-refractivity contribution in [3.63, 3.8) is 0 Å². The minimum atomic E-state index is -2.39. The van der Waals surface area contributed by atoms with Crippen LogP contribution in [-0.4, -0.2) is 60.9 Å². The Bertz CT molecular complexity index is 1760. The van der Waals surface area contributed by atoms with Crippen LogP contribution in [0.5, 0.6) is 0 Å². The zero-order valence-electron chi connectivity index (χ0n) is 30.8. The molecule has 2 fully saturated rings. The number of nitriles is 1. The van der Waals surface area contributed by atoms with E-state index in [4.69, 9.17) is 19.8 Å². The quantitative estimate of drug-likeness (QED) is 0.569. The molecule has 2 aromatic carbocycles. The van der Waals surface area contributed by atoms with Gasteiger partial charge in [-0.05, 0) is 54.7 Å². The molecule has 1 aliphatic carbocycles. The smallest absolute Gasteiger partial charge is 0.195 e. The number of nitrogens with one attached hydrogen (secondary N) is 1. The fourth-order valence-electron chi connectivity index (χ4n) is 5.30. The van der Waals surface area contributed by atoms with Crippen molar-refractivity contribution >= 4 is 22.4 Å². The molecular weight excluding hydrogens is 448 g/mol. The molecule has 2 aliphatic heterocycles. The predicted molar refractivity (Wildman–Crippen MR) is 142 cm³/mol. The number of ketones is 1. The number of nitrogens with zero attached hydrogens (tertiary/aromatic N) is 3. The molecule has 1 aromatic heterocycles. The number of rotatable bonds is 3. The van der Waals surface area contributed by atoms with Gasteiger partial charge in [0.15, 0.2) is 5.78 Å². The van der Waals surface area contributed by atoms with Crippen LogP contribution in [-0.2, 0) is 16.6 Å². The maximum atomic E-state index is 14.2. The number of aromatic amines is 1. The first-order chi connectivity index (χ1) is 21.9. The topological polar surface area (TPSA) is 72.4 Å². The van der Waals surface area contributed by atoms with Gasteiger partial charge in [-0.2, -0.15) is 5.26 Å². The van der Waals surface area contributed by atoms with Crippen molar-refractivity contribution in [3.05, 3.63) is 63.8 Å². The van der Waals surface area contributed by atoms with Crippen LogP contribution in [0.3, 0.4) is 0 Å². The number of hydrogen-bond donors (Lipinski definition) is 1.